The van der Waals surface area contributed by atoms with Crippen LogP contribution in [0.2, 0.25) is 0 Å². The van der Waals surface area contributed by atoms with Crippen molar-refractivity contribution in [2.75, 3.05) is 0 Å². The molecule has 0 amide bonds. The van der Waals surface area contributed by atoms with Gasteiger partial charge in [-0.2, -0.15) is 40.5 Å². The van der Waals surface area contributed by atoms with Crippen molar-refractivity contribution in [2.45, 2.75) is 38.5 Å². The van der Waals surface area contributed by atoms with Crippen LogP contribution in [0.1, 0.15) is 38.5 Å². The summed E-state index contributed by atoms with van der Waals surface area (Å²) in [5.74, 6) is 0. The lowest BCUT2D eigenvalue weighted by Crippen LogP contribution is -1.85. The average molecular weight is 366 g/mol. The molecule has 0 atom stereocenters. The van der Waals surface area contributed by atoms with Crippen LogP contribution in [-0.2, 0) is 0 Å². The van der Waals surface area contributed by atoms with Crippen molar-refractivity contribution in [3.63, 3.8) is 0 Å². The largest absolute Gasteiger partial charge is 0.425 e. The van der Waals surface area contributed by atoms with Crippen molar-refractivity contribution >= 4 is 49.2 Å². The van der Waals surface area contributed by atoms with E-state index in [1.807, 2.05) is 0 Å². The Morgan fingerprint density at radius 3 is 0.889 bits per heavy atom. The Kier molecular flexibility index (Phi) is 12.2. The number of hydrogen-bond donors (Lipinski definition) is 0. The maximum absolute atomic E-state index is 2.41. The van der Waals surface area contributed by atoms with Gasteiger partial charge in [0, 0.05) is 0 Å². The molecule has 0 aromatic carbocycles. The zero-order valence-electron chi connectivity index (χ0n) is 5.71. The number of hydrogen-bond acceptors (Lipinski definition) is 0. The van der Waals surface area contributed by atoms with E-state index in [-0.39, 0.29) is 0 Å². The van der Waals surface area contributed by atoms with Crippen molar-refractivity contribution in [3.8, 4) is 0 Å². The van der Waals surface area contributed by atoms with Crippen LogP contribution in [0, 0.1) is 0 Å². The summed E-state index contributed by atoms with van der Waals surface area (Å²) < 4.78 is 0. The lowest BCUT2D eigenvalue weighted by atomic mass is 10.0. The lowest BCUT2D eigenvalue weighted by molar-refractivity contribution is 0.504. The summed E-state index contributed by atoms with van der Waals surface area (Å²) in [6.07, 6.45) is 9.00. The normalized spacial score (nSPS) is 17.6. The van der Waals surface area contributed by atoms with Crippen molar-refractivity contribution < 1.29 is 0 Å². The van der Waals surface area contributed by atoms with Gasteiger partial charge in [0.05, 0.1) is 0 Å². The van der Waals surface area contributed by atoms with Crippen molar-refractivity contribution in [1.29, 1.82) is 0 Å². The van der Waals surface area contributed by atoms with Crippen LogP contribution < -0.4 is 0 Å². The second kappa shape index (κ2) is 9.99. The summed E-state index contributed by atoms with van der Waals surface area (Å²) in [4.78, 5) is 0. The summed E-state index contributed by atoms with van der Waals surface area (Å²) in [6.45, 7) is 0. The highest BCUT2D eigenvalue weighted by molar-refractivity contribution is 14.3. The molecule has 9 heavy (non-hydrogen) atoms. The Hall–Kier alpha value is 1.99. The Balaban J connectivity index is 0.000000187. The van der Waals surface area contributed by atoms with Crippen molar-refractivity contribution in [1.82, 2.24) is 0 Å². The van der Waals surface area contributed by atoms with Gasteiger partial charge in [-0.25, -0.2) is 0 Å². The molecule has 1 saturated carbocycles. The zero-order valence-corrected chi connectivity index (χ0v) is 11.4. The monoisotopic (exact) mass is 366 g/mol. The molecular weight excluding hydrogens is 353 g/mol. The van der Waals surface area contributed by atoms with E-state index in [2.05, 4.69) is 40.5 Å². The van der Waals surface area contributed by atoms with E-state index in [9.17, 15) is 0 Å². The van der Waals surface area contributed by atoms with Crippen LogP contribution in [-0.4, -0.2) is 8.65 Å². The average Bonchev–Trinajstić information content (AvgIpc) is 1.93. The minimum Gasteiger partial charge on any atom is -0.197 e. The highest BCUT2D eigenvalue weighted by atomic mass is 127. The third-order valence-corrected chi connectivity index (χ3v) is 1.50. The first-order valence-corrected chi connectivity index (χ1v) is 13.8. The summed E-state index contributed by atoms with van der Waals surface area (Å²) in [5, 5.41) is 0. The van der Waals surface area contributed by atoms with E-state index in [1.54, 1.807) is 0 Å². The first-order valence-electron chi connectivity index (χ1n) is 3.53. The Morgan fingerprint density at radius 2 is 0.778 bits per heavy atom. The molecular formula is C6H13AlI2. The summed E-state index contributed by atoms with van der Waals surface area (Å²) in [5.41, 5.74) is 0. The van der Waals surface area contributed by atoms with Crippen molar-refractivity contribution in [3.05, 3.63) is 0 Å². The van der Waals surface area contributed by atoms with Gasteiger partial charge in [0.25, 0.3) is 0 Å². The molecule has 54 valence electrons. The fourth-order valence-electron chi connectivity index (χ4n) is 1.06. The predicted molar refractivity (Wildman–Crippen MR) is 62.9 cm³/mol. The van der Waals surface area contributed by atoms with Crippen molar-refractivity contribution in [2.24, 2.45) is 0 Å². The molecule has 0 unspecified atom stereocenters. The van der Waals surface area contributed by atoms with E-state index in [0.717, 1.165) is 0 Å². The van der Waals surface area contributed by atoms with Gasteiger partial charge in [0.15, 0.2) is 0 Å². The number of rotatable bonds is 0. The minimum absolute atomic E-state index is 0.357. The van der Waals surface area contributed by atoms with Crippen LogP contribution in [0.15, 0.2) is 0 Å². The van der Waals surface area contributed by atoms with Crippen LogP contribution >= 0.6 is 40.5 Å². The van der Waals surface area contributed by atoms with E-state index >= 15 is 0 Å². The maximum Gasteiger partial charge on any atom is 0.425 e. The van der Waals surface area contributed by atoms with Gasteiger partial charge in [-0.15, -0.1) is 0 Å². The highest BCUT2D eigenvalue weighted by Crippen LogP contribution is 2.15. The van der Waals surface area contributed by atoms with E-state index < -0.39 is 0 Å². The Labute approximate surface area is 86.6 Å². The second-order valence-electron chi connectivity index (χ2n) is 2.22. The van der Waals surface area contributed by atoms with E-state index in [4.69, 9.17) is 0 Å². The molecule has 1 aliphatic rings. The van der Waals surface area contributed by atoms with Gasteiger partial charge in [-0.05, 0) is 0 Å². The fraction of sp³-hybridized carbons (Fsp3) is 1.00. The summed E-state index contributed by atoms with van der Waals surface area (Å²) in [6, 6.07) is 0. The van der Waals surface area contributed by atoms with Crippen LogP contribution in [0.25, 0.3) is 0 Å². The third kappa shape index (κ3) is 9.99. The van der Waals surface area contributed by atoms with E-state index in [0.29, 0.717) is 8.65 Å². The zero-order chi connectivity index (χ0) is 6.95. The molecule has 0 spiro atoms. The smallest absolute Gasteiger partial charge is 0.197 e. The highest BCUT2D eigenvalue weighted by Gasteiger charge is 1.95. The molecule has 1 rings (SSSR count). The van der Waals surface area contributed by atoms with Gasteiger partial charge >= 0.3 is 8.65 Å². The van der Waals surface area contributed by atoms with E-state index in [1.165, 1.54) is 38.5 Å². The van der Waals surface area contributed by atoms with Crippen LogP contribution in [0.3, 0.4) is 0 Å². The first-order chi connectivity index (χ1) is 4.41. The molecule has 0 saturated heterocycles. The molecule has 0 bridgehead atoms. The Morgan fingerprint density at radius 1 is 0.667 bits per heavy atom. The molecule has 0 N–H and O–H groups in total. The minimum atomic E-state index is 0.357. The second-order valence-corrected chi connectivity index (χ2v) is 15.8. The van der Waals surface area contributed by atoms with Crippen LogP contribution in [0.5, 0.6) is 0 Å². The van der Waals surface area contributed by atoms with Gasteiger partial charge in [-0.1, -0.05) is 38.5 Å². The fourth-order valence-corrected chi connectivity index (χ4v) is 1.06. The molecule has 0 heterocycles. The Bertz CT molecular complexity index is 34.8. The quantitative estimate of drug-likeness (QED) is 0.455. The van der Waals surface area contributed by atoms with Gasteiger partial charge in [0.2, 0.25) is 0 Å². The molecule has 0 aliphatic heterocycles. The molecule has 3 heteroatoms. The SMILES string of the molecule is C1CCCCC1.[I][AlH][I]. The first kappa shape index (κ1) is 11.0. The number of halogens is 2. The third-order valence-electron chi connectivity index (χ3n) is 1.50. The topological polar surface area (TPSA) is 0 Å². The summed E-state index contributed by atoms with van der Waals surface area (Å²) in [7, 11) is 0.357. The molecule has 1 aliphatic carbocycles. The van der Waals surface area contributed by atoms with Gasteiger partial charge in [0.1, 0.15) is 0 Å². The molecule has 0 aromatic heterocycles. The molecule has 0 aromatic rings. The van der Waals surface area contributed by atoms with Crippen LogP contribution in [0.4, 0.5) is 0 Å². The standard InChI is InChI=1S/C6H12.Al.2HI.H/c1-2-4-6-5-3-1;;;;/h1-6H2;;2*1H;/q;+2;;;/p-2. The predicted octanol–water partition coefficient (Wildman–Crippen LogP) is 3.46. The van der Waals surface area contributed by atoms with Gasteiger partial charge in [-0.3, -0.25) is 0 Å². The maximum atomic E-state index is 2.41. The molecule has 1 fully saturated rings. The molecule has 0 radical (unpaired) electrons. The summed E-state index contributed by atoms with van der Waals surface area (Å²) >= 11 is 4.83. The van der Waals surface area contributed by atoms with Gasteiger partial charge < -0.3 is 0 Å². The lowest BCUT2D eigenvalue weighted by Gasteiger charge is -2.05. The molecule has 0 nitrogen and oxygen atoms in total.